The van der Waals surface area contributed by atoms with Crippen molar-refractivity contribution in [1.82, 2.24) is 4.98 Å². The fraction of sp³-hybridized carbons (Fsp3) is 0.375. The van der Waals surface area contributed by atoms with E-state index in [9.17, 15) is 8.78 Å². The summed E-state index contributed by atoms with van der Waals surface area (Å²) in [4.78, 5) is 3.50. The second kappa shape index (κ2) is 4.75. The SMILES string of the molecule is COc1cc(C(F)F)nc(Cl)c1CCl. The van der Waals surface area contributed by atoms with Crippen LogP contribution in [0.5, 0.6) is 5.75 Å². The fourth-order valence-corrected chi connectivity index (χ4v) is 1.54. The Balaban J connectivity index is 3.24. The Morgan fingerprint density at radius 3 is 2.64 bits per heavy atom. The van der Waals surface area contributed by atoms with Gasteiger partial charge >= 0.3 is 0 Å². The van der Waals surface area contributed by atoms with Gasteiger partial charge in [-0.2, -0.15) is 0 Å². The number of hydrogen-bond acceptors (Lipinski definition) is 2. The second-order valence-electron chi connectivity index (χ2n) is 2.45. The minimum atomic E-state index is -2.68. The van der Waals surface area contributed by atoms with Gasteiger partial charge in [0.15, 0.2) is 0 Å². The lowest BCUT2D eigenvalue weighted by atomic mass is 10.2. The van der Waals surface area contributed by atoms with Crippen molar-refractivity contribution in [3.8, 4) is 5.75 Å². The number of pyridine rings is 1. The van der Waals surface area contributed by atoms with Crippen LogP contribution in [0, 0.1) is 0 Å². The topological polar surface area (TPSA) is 22.1 Å². The Hall–Kier alpha value is -0.610. The highest BCUT2D eigenvalue weighted by atomic mass is 35.5. The summed E-state index contributed by atoms with van der Waals surface area (Å²) in [6.07, 6.45) is -2.68. The number of alkyl halides is 3. The van der Waals surface area contributed by atoms with Crippen molar-refractivity contribution in [1.29, 1.82) is 0 Å². The van der Waals surface area contributed by atoms with Crippen LogP contribution in [0.4, 0.5) is 8.78 Å². The molecule has 0 saturated carbocycles. The van der Waals surface area contributed by atoms with Gasteiger partial charge in [-0.15, -0.1) is 11.6 Å². The van der Waals surface area contributed by atoms with Gasteiger partial charge < -0.3 is 4.74 Å². The third kappa shape index (κ3) is 2.25. The normalized spacial score (nSPS) is 10.7. The van der Waals surface area contributed by atoms with Crippen LogP contribution in [0.15, 0.2) is 6.07 Å². The van der Waals surface area contributed by atoms with E-state index < -0.39 is 12.1 Å². The van der Waals surface area contributed by atoms with E-state index in [-0.39, 0.29) is 16.8 Å². The van der Waals surface area contributed by atoms with Crippen LogP contribution in [0.25, 0.3) is 0 Å². The van der Waals surface area contributed by atoms with Gasteiger partial charge in [-0.3, -0.25) is 0 Å². The molecule has 2 nitrogen and oxygen atoms in total. The molecule has 0 aromatic carbocycles. The molecule has 0 aliphatic rings. The summed E-state index contributed by atoms with van der Waals surface area (Å²) < 4.78 is 29.4. The van der Waals surface area contributed by atoms with Gasteiger partial charge in [0.2, 0.25) is 0 Å². The molecule has 78 valence electrons. The summed E-state index contributed by atoms with van der Waals surface area (Å²) >= 11 is 11.2. The highest BCUT2D eigenvalue weighted by Crippen LogP contribution is 2.30. The number of halogens is 4. The molecule has 1 rings (SSSR count). The maximum Gasteiger partial charge on any atom is 0.280 e. The first-order chi connectivity index (χ1) is 6.60. The molecule has 1 heterocycles. The predicted molar refractivity (Wildman–Crippen MR) is 50.3 cm³/mol. The number of hydrogen-bond donors (Lipinski definition) is 0. The average Bonchev–Trinajstić information content (AvgIpc) is 2.16. The molecule has 0 aliphatic carbocycles. The number of ether oxygens (including phenoxy) is 1. The lowest BCUT2D eigenvalue weighted by Crippen LogP contribution is -1.98. The molecule has 0 saturated heterocycles. The van der Waals surface area contributed by atoms with Crippen molar-refractivity contribution in [3.63, 3.8) is 0 Å². The molecule has 0 bridgehead atoms. The van der Waals surface area contributed by atoms with Crippen molar-refractivity contribution < 1.29 is 13.5 Å². The quantitative estimate of drug-likeness (QED) is 0.598. The highest BCUT2D eigenvalue weighted by Gasteiger charge is 2.16. The van der Waals surface area contributed by atoms with Crippen LogP contribution in [0.3, 0.4) is 0 Å². The van der Waals surface area contributed by atoms with Crippen LogP contribution in [-0.2, 0) is 5.88 Å². The maximum atomic E-state index is 12.3. The number of aromatic nitrogens is 1. The van der Waals surface area contributed by atoms with Gasteiger partial charge in [0.05, 0.1) is 13.0 Å². The molecule has 14 heavy (non-hydrogen) atoms. The third-order valence-electron chi connectivity index (χ3n) is 1.63. The number of rotatable bonds is 3. The minimum Gasteiger partial charge on any atom is -0.496 e. The molecule has 6 heteroatoms. The first kappa shape index (κ1) is 11.5. The molecule has 0 spiro atoms. The number of methoxy groups -OCH3 is 1. The molecule has 0 fully saturated rings. The molecule has 0 aliphatic heterocycles. The van der Waals surface area contributed by atoms with Crippen molar-refractivity contribution in [2.24, 2.45) is 0 Å². The molecule has 0 radical (unpaired) electrons. The third-order valence-corrected chi connectivity index (χ3v) is 2.21. The van der Waals surface area contributed by atoms with Crippen LogP contribution in [0.2, 0.25) is 5.15 Å². The molecule has 1 aromatic heterocycles. The van der Waals surface area contributed by atoms with Gasteiger partial charge in [-0.05, 0) is 0 Å². The lowest BCUT2D eigenvalue weighted by molar-refractivity contribution is 0.145. The smallest absolute Gasteiger partial charge is 0.280 e. The van der Waals surface area contributed by atoms with Gasteiger partial charge in [0.1, 0.15) is 16.6 Å². The van der Waals surface area contributed by atoms with Gasteiger partial charge in [-0.25, -0.2) is 13.8 Å². The largest absolute Gasteiger partial charge is 0.496 e. The first-order valence-electron chi connectivity index (χ1n) is 3.67. The van der Waals surface area contributed by atoms with E-state index in [1.807, 2.05) is 0 Å². The molecule has 0 N–H and O–H groups in total. The first-order valence-corrected chi connectivity index (χ1v) is 4.58. The second-order valence-corrected chi connectivity index (χ2v) is 3.08. The van der Waals surface area contributed by atoms with Crippen molar-refractivity contribution in [2.45, 2.75) is 12.3 Å². The molecule has 0 unspecified atom stereocenters. The Bertz CT molecular complexity index is 333. The Kier molecular flexibility index (Phi) is 3.89. The van der Waals surface area contributed by atoms with Gasteiger partial charge in [-0.1, -0.05) is 11.6 Å². The van der Waals surface area contributed by atoms with Crippen LogP contribution < -0.4 is 4.74 Å². The van der Waals surface area contributed by atoms with E-state index in [0.29, 0.717) is 5.56 Å². The highest BCUT2D eigenvalue weighted by molar-refractivity contribution is 6.31. The molecular formula is C8H7Cl2F2NO. The summed E-state index contributed by atoms with van der Waals surface area (Å²) in [5, 5.41) is -0.0466. The summed E-state index contributed by atoms with van der Waals surface area (Å²) in [6.45, 7) is 0. The Morgan fingerprint density at radius 1 is 1.57 bits per heavy atom. The van der Waals surface area contributed by atoms with Crippen LogP contribution in [-0.4, -0.2) is 12.1 Å². The monoisotopic (exact) mass is 241 g/mol. The predicted octanol–water partition coefficient (Wildman–Crippen LogP) is 3.42. The lowest BCUT2D eigenvalue weighted by Gasteiger charge is -2.09. The van der Waals surface area contributed by atoms with E-state index >= 15 is 0 Å². The zero-order chi connectivity index (χ0) is 10.7. The zero-order valence-corrected chi connectivity index (χ0v) is 8.74. The maximum absolute atomic E-state index is 12.3. The average molecular weight is 242 g/mol. The summed E-state index contributed by atoms with van der Waals surface area (Å²) in [5.74, 6) is 0.300. The summed E-state index contributed by atoms with van der Waals surface area (Å²) in [7, 11) is 1.36. The summed E-state index contributed by atoms with van der Waals surface area (Å²) in [5.41, 5.74) is 0.000880. The van der Waals surface area contributed by atoms with Crippen LogP contribution >= 0.6 is 23.2 Å². The van der Waals surface area contributed by atoms with Crippen molar-refractivity contribution in [3.05, 3.63) is 22.5 Å². The van der Waals surface area contributed by atoms with Gasteiger partial charge in [0.25, 0.3) is 6.43 Å². The molecular weight excluding hydrogens is 235 g/mol. The van der Waals surface area contributed by atoms with E-state index in [1.165, 1.54) is 7.11 Å². The minimum absolute atomic E-state index is 0.0466. The van der Waals surface area contributed by atoms with E-state index in [2.05, 4.69) is 4.98 Å². The Morgan fingerprint density at radius 2 is 2.21 bits per heavy atom. The Labute approximate surface area is 89.8 Å². The number of nitrogens with zero attached hydrogens (tertiary/aromatic N) is 1. The van der Waals surface area contributed by atoms with Crippen LogP contribution in [0.1, 0.15) is 17.7 Å². The molecule has 0 amide bonds. The molecule has 1 aromatic rings. The van der Waals surface area contributed by atoms with E-state index in [4.69, 9.17) is 27.9 Å². The van der Waals surface area contributed by atoms with E-state index in [0.717, 1.165) is 6.07 Å². The van der Waals surface area contributed by atoms with Gasteiger partial charge in [0, 0.05) is 11.6 Å². The molecule has 0 atom stereocenters. The standard InChI is InChI=1S/C8H7Cl2F2NO/c1-14-6-2-5(8(11)12)13-7(10)4(6)3-9/h2,8H,3H2,1H3. The summed E-state index contributed by atoms with van der Waals surface area (Å²) in [6, 6.07) is 1.13. The van der Waals surface area contributed by atoms with E-state index in [1.54, 1.807) is 0 Å². The van der Waals surface area contributed by atoms with Crippen molar-refractivity contribution >= 4 is 23.2 Å². The van der Waals surface area contributed by atoms with Crippen molar-refractivity contribution in [2.75, 3.05) is 7.11 Å². The zero-order valence-electron chi connectivity index (χ0n) is 7.23. The fourth-order valence-electron chi connectivity index (χ4n) is 0.951.